The highest BCUT2D eigenvalue weighted by Crippen LogP contribution is 2.17. The average Bonchev–Trinajstić information content (AvgIpc) is 2.83. The number of benzene rings is 1. The fourth-order valence-electron chi connectivity index (χ4n) is 2.39. The van der Waals surface area contributed by atoms with E-state index in [1.807, 2.05) is 31.2 Å². The number of carbonyl (C=O) groups excluding carboxylic acids is 1. The van der Waals surface area contributed by atoms with E-state index in [2.05, 4.69) is 17.6 Å². The Morgan fingerprint density at radius 3 is 3.00 bits per heavy atom. The van der Waals surface area contributed by atoms with Crippen molar-refractivity contribution in [3.63, 3.8) is 0 Å². The highest BCUT2D eigenvalue weighted by Gasteiger charge is 2.29. The molecule has 2 rings (SSSR count). The third-order valence-electron chi connectivity index (χ3n) is 3.53. The van der Waals surface area contributed by atoms with Crippen LogP contribution >= 0.6 is 0 Å². The molecule has 1 aromatic rings. The predicted octanol–water partition coefficient (Wildman–Crippen LogP) is 1.56. The summed E-state index contributed by atoms with van der Waals surface area (Å²) in [6.45, 7) is 7.00. The Morgan fingerprint density at radius 2 is 2.32 bits per heavy atom. The Kier molecular flexibility index (Phi) is 4.80. The van der Waals surface area contributed by atoms with E-state index in [-0.39, 0.29) is 11.8 Å². The molecule has 1 fully saturated rings. The van der Waals surface area contributed by atoms with E-state index < -0.39 is 0 Å². The molecule has 1 aromatic carbocycles. The lowest BCUT2D eigenvalue weighted by atomic mass is 9.97. The maximum Gasteiger partial charge on any atom is 0.224 e. The summed E-state index contributed by atoms with van der Waals surface area (Å²) in [5.41, 5.74) is 1.07. The van der Waals surface area contributed by atoms with Gasteiger partial charge in [0.2, 0.25) is 5.91 Å². The third kappa shape index (κ3) is 3.70. The molecule has 104 valence electrons. The molecule has 0 aromatic heterocycles. The van der Waals surface area contributed by atoms with Gasteiger partial charge in [-0.2, -0.15) is 0 Å². The minimum atomic E-state index is 0.0927. The first-order chi connectivity index (χ1) is 9.20. The number of nitrogens with one attached hydrogen (secondary N) is 2. The fourth-order valence-corrected chi connectivity index (χ4v) is 2.39. The molecule has 1 aliphatic rings. The summed E-state index contributed by atoms with van der Waals surface area (Å²) in [5, 5.41) is 6.25. The number of hydrogen-bond acceptors (Lipinski definition) is 3. The van der Waals surface area contributed by atoms with Gasteiger partial charge in [-0.1, -0.05) is 19.1 Å². The number of carbonyl (C=O) groups is 1. The van der Waals surface area contributed by atoms with Crippen LogP contribution in [0.5, 0.6) is 5.75 Å². The van der Waals surface area contributed by atoms with E-state index in [4.69, 9.17) is 4.74 Å². The second kappa shape index (κ2) is 6.57. The second-order valence-electron chi connectivity index (χ2n) is 5.04. The zero-order valence-electron chi connectivity index (χ0n) is 11.6. The minimum Gasteiger partial charge on any atom is -0.494 e. The minimum absolute atomic E-state index is 0.0927. The maximum atomic E-state index is 12.1. The molecule has 0 spiro atoms. The molecule has 4 nitrogen and oxygen atoms in total. The van der Waals surface area contributed by atoms with Crippen LogP contribution in [0.1, 0.15) is 19.4 Å². The van der Waals surface area contributed by atoms with E-state index in [0.29, 0.717) is 19.1 Å². The van der Waals surface area contributed by atoms with E-state index in [1.165, 1.54) is 0 Å². The molecule has 0 aliphatic carbocycles. The SMILES string of the molecule is CCOc1cccc(CNC(=O)[C@@H]2CNC[C@H]2C)c1. The van der Waals surface area contributed by atoms with Gasteiger partial charge in [0.1, 0.15) is 5.75 Å². The van der Waals surface area contributed by atoms with Gasteiger partial charge < -0.3 is 15.4 Å². The molecule has 1 aliphatic heterocycles. The van der Waals surface area contributed by atoms with Crippen LogP contribution < -0.4 is 15.4 Å². The smallest absolute Gasteiger partial charge is 0.224 e. The largest absolute Gasteiger partial charge is 0.494 e. The summed E-state index contributed by atoms with van der Waals surface area (Å²) >= 11 is 0. The number of hydrogen-bond donors (Lipinski definition) is 2. The first-order valence-electron chi connectivity index (χ1n) is 6.91. The molecule has 0 radical (unpaired) electrons. The van der Waals surface area contributed by atoms with Gasteiger partial charge in [-0.25, -0.2) is 0 Å². The Labute approximate surface area is 114 Å². The maximum absolute atomic E-state index is 12.1. The summed E-state index contributed by atoms with van der Waals surface area (Å²) in [5.74, 6) is 1.49. The first-order valence-corrected chi connectivity index (χ1v) is 6.91. The Bertz CT molecular complexity index is 434. The highest BCUT2D eigenvalue weighted by atomic mass is 16.5. The molecule has 0 unspecified atom stereocenters. The molecule has 0 saturated carbocycles. The average molecular weight is 262 g/mol. The molecular formula is C15H22N2O2. The number of amides is 1. The van der Waals surface area contributed by atoms with Gasteiger partial charge in [0.05, 0.1) is 12.5 Å². The van der Waals surface area contributed by atoms with Crippen molar-refractivity contribution in [1.82, 2.24) is 10.6 Å². The molecule has 2 N–H and O–H groups in total. The van der Waals surface area contributed by atoms with Crippen LogP contribution in [-0.2, 0) is 11.3 Å². The van der Waals surface area contributed by atoms with Crippen molar-refractivity contribution in [3.8, 4) is 5.75 Å². The van der Waals surface area contributed by atoms with Crippen LogP contribution in [-0.4, -0.2) is 25.6 Å². The Balaban J connectivity index is 1.87. The van der Waals surface area contributed by atoms with Crippen LogP contribution in [0.25, 0.3) is 0 Å². The van der Waals surface area contributed by atoms with Crippen molar-refractivity contribution in [2.45, 2.75) is 20.4 Å². The monoisotopic (exact) mass is 262 g/mol. The van der Waals surface area contributed by atoms with Gasteiger partial charge in [0.25, 0.3) is 0 Å². The lowest BCUT2D eigenvalue weighted by molar-refractivity contribution is -0.125. The van der Waals surface area contributed by atoms with Crippen molar-refractivity contribution in [1.29, 1.82) is 0 Å². The quantitative estimate of drug-likeness (QED) is 0.846. The second-order valence-corrected chi connectivity index (χ2v) is 5.04. The van der Waals surface area contributed by atoms with Gasteiger partial charge in [0.15, 0.2) is 0 Å². The van der Waals surface area contributed by atoms with E-state index in [9.17, 15) is 4.79 Å². The van der Waals surface area contributed by atoms with Crippen LogP contribution in [0.3, 0.4) is 0 Å². The first kappa shape index (κ1) is 13.9. The van der Waals surface area contributed by atoms with Gasteiger partial charge in [0, 0.05) is 13.1 Å². The molecular weight excluding hydrogens is 240 g/mol. The molecule has 1 saturated heterocycles. The standard InChI is InChI=1S/C15H22N2O2/c1-3-19-13-6-4-5-12(7-13)9-17-15(18)14-10-16-8-11(14)2/h4-7,11,14,16H,3,8-10H2,1-2H3,(H,17,18)/t11-,14-/m1/s1. The number of ether oxygens (including phenoxy) is 1. The summed E-state index contributed by atoms with van der Waals surface area (Å²) in [4.78, 5) is 12.1. The van der Waals surface area contributed by atoms with Gasteiger partial charge >= 0.3 is 0 Å². The third-order valence-corrected chi connectivity index (χ3v) is 3.53. The molecule has 0 bridgehead atoms. The van der Waals surface area contributed by atoms with Crippen molar-refractivity contribution < 1.29 is 9.53 Å². The molecule has 1 heterocycles. The zero-order valence-corrected chi connectivity index (χ0v) is 11.6. The molecule has 2 atom stereocenters. The summed E-state index contributed by atoms with van der Waals surface area (Å²) in [6, 6.07) is 7.85. The zero-order chi connectivity index (χ0) is 13.7. The normalized spacial score (nSPS) is 22.2. The summed E-state index contributed by atoms with van der Waals surface area (Å²) in [6.07, 6.45) is 0. The predicted molar refractivity (Wildman–Crippen MR) is 75.0 cm³/mol. The summed E-state index contributed by atoms with van der Waals surface area (Å²) < 4.78 is 5.45. The van der Waals surface area contributed by atoms with Crippen LogP contribution in [0, 0.1) is 11.8 Å². The lowest BCUT2D eigenvalue weighted by Crippen LogP contribution is -2.33. The molecule has 19 heavy (non-hydrogen) atoms. The van der Waals surface area contributed by atoms with Crippen molar-refractivity contribution in [3.05, 3.63) is 29.8 Å². The van der Waals surface area contributed by atoms with Crippen molar-refractivity contribution in [2.24, 2.45) is 11.8 Å². The lowest BCUT2D eigenvalue weighted by Gasteiger charge is -2.14. The molecule has 1 amide bonds. The van der Waals surface area contributed by atoms with Crippen LogP contribution in [0.2, 0.25) is 0 Å². The van der Waals surface area contributed by atoms with Crippen LogP contribution in [0.15, 0.2) is 24.3 Å². The van der Waals surface area contributed by atoms with Gasteiger partial charge in [-0.05, 0) is 37.1 Å². The van der Waals surface area contributed by atoms with Crippen molar-refractivity contribution >= 4 is 5.91 Å². The van der Waals surface area contributed by atoms with E-state index in [0.717, 1.165) is 24.4 Å². The van der Waals surface area contributed by atoms with Crippen LogP contribution in [0.4, 0.5) is 0 Å². The highest BCUT2D eigenvalue weighted by molar-refractivity contribution is 5.79. The Hall–Kier alpha value is -1.55. The topological polar surface area (TPSA) is 50.4 Å². The van der Waals surface area contributed by atoms with Gasteiger partial charge in [-0.15, -0.1) is 0 Å². The Morgan fingerprint density at radius 1 is 1.47 bits per heavy atom. The van der Waals surface area contributed by atoms with Crippen molar-refractivity contribution in [2.75, 3.05) is 19.7 Å². The molecule has 4 heteroatoms. The number of rotatable bonds is 5. The summed E-state index contributed by atoms with van der Waals surface area (Å²) in [7, 11) is 0. The van der Waals surface area contributed by atoms with E-state index in [1.54, 1.807) is 0 Å². The van der Waals surface area contributed by atoms with Gasteiger partial charge in [-0.3, -0.25) is 4.79 Å². The van der Waals surface area contributed by atoms with E-state index >= 15 is 0 Å². The fraction of sp³-hybridized carbons (Fsp3) is 0.533.